The Kier molecular flexibility index (Phi) is 5.52. The molecule has 3 aromatic heterocycles. The highest BCUT2D eigenvalue weighted by Crippen LogP contribution is 2.35. The van der Waals surface area contributed by atoms with Crippen LogP contribution in [0.1, 0.15) is 33.8 Å². The van der Waals surface area contributed by atoms with E-state index < -0.39 is 0 Å². The van der Waals surface area contributed by atoms with Crippen molar-refractivity contribution in [1.82, 2.24) is 20.5 Å². The second-order valence-corrected chi connectivity index (χ2v) is 9.90. The first kappa shape index (κ1) is 20.2. The van der Waals surface area contributed by atoms with Crippen molar-refractivity contribution in [2.75, 3.05) is 18.0 Å². The number of nitrogens with one attached hydrogen (secondary N) is 1. The Morgan fingerprint density at radius 2 is 2.00 bits per heavy atom. The number of amides is 1. The zero-order chi connectivity index (χ0) is 21.4. The maximum Gasteiger partial charge on any atom is 0.259 e. The van der Waals surface area contributed by atoms with Gasteiger partial charge in [-0.3, -0.25) is 9.69 Å². The van der Waals surface area contributed by atoms with Gasteiger partial charge in [0.15, 0.2) is 0 Å². The summed E-state index contributed by atoms with van der Waals surface area (Å²) in [7, 11) is 0. The molecular weight excluding hydrogens is 426 g/mol. The van der Waals surface area contributed by atoms with Crippen molar-refractivity contribution in [3.05, 3.63) is 58.0 Å². The van der Waals surface area contributed by atoms with Gasteiger partial charge in [0.05, 0.1) is 6.04 Å². The van der Waals surface area contributed by atoms with Crippen molar-refractivity contribution in [2.24, 2.45) is 0 Å². The van der Waals surface area contributed by atoms with Gasteiger partial charge in [0.2, 0.25) is 0 Å². The minimum Gasteiger partial charge on any atom is -0.315 e. The van der Waals surface area contributed by atoms with Gasteiger partial charge in [0.25, 0.3) is 5.91 Å². The molecule has 1 saturated heterocycles. The van der Waals surface area contributed by atoms with E-state index in [-0.39, 0.29) is 11.9 Å². The third-order valence-corrected chi connectivity index (χ3v) is 7.59. The minimum absolute atomic E-state index is 0.0145. The molecule has 1 aliphatic rings. The molecule has 0 radical (unpaired) electrons. The smallest absolute Gasteiger partial charge is 0.259 e. The van der Waals surface area contributed by atoms with E-state index >= 15 is 0 Å². The van der Waals surface area contributed by atoms with Crippen LogP contribution in [0.3, 0.4) is 0 Å². The Hall–Kier alpha value is -2.68. The quantitative estimate of drug-likeness (QED) is 0.483. The lowest BCUT2D eigenvalue weighted by Crippen LogP contribution is -2.49. The summed E-state index contributed by atoms with van der Waals surface area (Å²) >= 11 is 3.25. The van der Waals surface area contributed by atoms with Gasteiger partial charge in [-0.1, -0.05) is 23.5 Å². The number of pyridine rings is 1. The van der Waals surface area contributed by atoms with Crippen LogP contribution in [0.15, 0.2) is 41.9 Å². The third kappa shape index (κ3) is 3.86. The predicted octanol–water partition coefficient (Wildman–Crippen LogP) is 4.83. The van der Waals surface area contributed by atoms with E-state index in [0.717, 1.165) is 63.0 Å². The van der Waals surface area contributed by atoms with E-state index in [1.807, 2.05) is 48.4 Å². The summed E-state index contributed by atoms with van der Waals surface area (Å²) in [5, 5.41) is 16.8. The number of fused-ring (bicyclic) bond motifs is 1. The Morgan fingerprint density at radius 1 is 1.16 bits per heavy atom. The van der Waals surface area contributed by atoms with Crippen LogP contribution in [-0.4, -0.2) is 40.2 Å². The van der Waals surface area contributed by atoms with Crippen LogP contribution in [0.2, 0.25) is 0 Å². The summed E-state index contributed by atoms with van der Waals surface area (Å²) in [6, 6.07) is 9.78. The van der Waals surface area contributed by atoms with Gasteiger partial charge in [0, 0.05) is 34.0 Å². The number of carbonyl (C=O) groups is 1. The summed E-state index contributed by atoms with van der Waals surface area (Å²) in [6.45, 7) is 5.79. The first-order valence-electron chi connectivity index (χ1n) is 10.4. The Bertz CT molecular complexity index is 1220. The highest BCUT2D eigenvalue weighted by molar-refractivity contribution is 7.17. The summed E-state index contributed by atoms with van der Waals surface area (Å²) in [4.78, 5) is 20.4. The second-order valence-electron chi connectivity index (χ2n) is 7.81. The fourth-order valence-electron chi connectivity index (χ4n) is 4.09. The fraction of sp³-hybridized carbons (Fsp3) is 0.304. The molecule has 0 spiro atoms. The number of aryl methyl sites for hydroxylation is 2. The van der Waals surface area contributed by atoms with Gasteiger partial charge in [-0.2, -0.15) is 0 Å². The molecule has 1 N–H and O–H groups in total. The van der Waals surface area contributed by atoms with E-state index in [9.17, 15) is 4.79 Å². The first-order chi connectivity index (χ1) is 15.1. The van der Waals surface area contributed by atoms with Gasteiger partial charge >= 0.3 is 0 Å². The van der Waals surface area contributed by atoms with Crippen LogP contribution in [0.4, 0.5) is 5.82 Å². The maximum atomic E-state index is 13.8. The molecule has 1 amide bonds. The van der Waals surface area contributed by atoms with Crippen molar-refractivity contribution in [2.45, 2.75) is 32.7 Å². The number of piperidine rings is 1. The molecule has 0 aliphatic carbocycles. The molecule has 4 aromatic rings. The maximum absolute atomic E-state index is 13.8. The SMILES string of the molecule is Cc1nnc(-c2ccc(C(=O)N(c3nccc4scc(C)c34)[C@@H]3CCCNC3)cc2)s1. The number of hydrogen-bond acceptors (Lipinski definition) is 7. The minimum atomic E-state index is -0.0145. The number of carbonyl (C=O) groups excluding carboxylic acids is 1. The van der Waals surface area contributed by atoms with Crippen LogP contribution in [0.25, 0.3) is 20.7 Å². The van der Waals surface area contributed by atoms with Gasteiger partial charge < -0.3 is 5.32 Å². The largest absolute Gasteiger partial charge is 0.315 e. The summed E-state index contributed by atoms with van der Waals surface area (Å²) in [5.41, 5.74) is 2.79. The molecule has 0 saturated carbocycles. The van der Waals surface area contributed by atoms with Gasteiger partial charge in [-0.25, -0.2) is 4.98 Å². The standard InChI is InChI=1S/C23H23N5OS2/c1-14-13-30-19-9-11-25-21(20(14)19)28(18-4-3-10-24-12-18)23(29)17-7-5-16(6-8-17)22-27-26-15(2)31-22/h5-9,11,13,18,24H,3-4,10,12H2,1-2H3/t18-/m1/s1. The zero-order valence-electron chi connectivity index (χ0n) is 17.5. The fourth-order valence-corrected chi connectivity index (χ4v) is 5.72. The highest BCUT2D eigenvalue weighted by Gasteiger charge is 2.30. The van der Waals surface area contributed by atoms with Crippen LogP contribution in [-0.2, 0) is 0 Å². The molecule has 158 valence electrons. The molecule has 1 fully saturated rings. The van der Waals surface area contributed by atoms with Crippen molar-refractivity contribution < 1.29 is 4.79 Å². The lowest BCUT2D eigenvalue weighted by atomic mass is 10.0. The topological polar surface area (TPSA) is 71.0 Å². The van der Waals surface area contributed by atoms with Crippen molar-refractivity contribution in [1.29, 1.82) is 0 Å². The Morgan fingerprint density at radius 3 is 2.71 bits per heavy atom. The van der Waals surface area contributed by atoms with Crippen molar-refractivity contribution in [3.63, 3.8) is 0 Å². The lowest BCUT2D eigenvalue weighted by molar-refractivity contribution is 0.0972. The molecule has 31 heavy (non-hydrogen) atoms. The average molecular weight is 450 g/mol. The van der Waals surface area contributed by atoms with Crippen LogP contribution in [0, 0.1) is 13.8 Å². The second kappa shape index (κ2) is 8.45. The molecule has 5 rings (SSSR count). The third-order valence-electron chi connectivity index (χ3n) is 5.64. The number of nitrogens with zero attached hydrogens (tertiary/aromatic N) is 4. The number of thiophene rings is 1. The monoisotopic (exact) mass is 449 g/mol. The van der Waals surface area contributed by atoms with E-state index in [1.54, 1.807) is 22.7 Å². The van der Waals surface area contributed by atoms with E-state index in [2.05, 4.69) is 27.8 Å². The molecular formula is C23H23N5OS2. The molecule has 1 aromatic carbocycles. The molecule has 1 atom stereocenters. The average Bonchev–Trinajstić information content (AvgIpc) is 3.41. The lowest BCUT2D eigenvalue weighted by Gasteiger charge is -2.34. The van der Waals surface area contributed by atoms with Gasteiger partial charge in [-0.05, 0) is 62.4 Å². The van der Waals surface area contributed by atoms with Crippen LogP contribution >= 0.6 is 22.7 Å². The summed E-state index contributed by atoms with van der Waals surface area (Å²) in [6.07, 6.45) is 3.82. The number of anilines is 1. The molecule has 1 aliphatic heterocycles. The summed E-state index contributed by atoms with van der Waals surface area (Å²) < 4.78 is 1.16. The number of rotatable bonds is 4. The number of aromatic nitrogens is 3. The van der Waals surface area contributed by atoms with Crippen LogP contribution < -0.4 is 10.2 Å². The molecule has 6 nitrogen and oxygen atoms in total. The van der Waals surface area contributed by atoms with Crippen molar-refractivity contribution in [3.8, 4) is 10.6 Å². The molecule has 0 bridgehead atoms. The zero-order valence-corrected chi connectivity index (χ0v) is 19.1. The number of hydrogen-bond donors (Lipinski definition) is 1. The molecule has 0 unspecified atom stereocenters. The van der Waals surface area contributed by atoms with Gasteiger partial charge in [0.1, 0.15) is 15.8 Å². The number of benzene rings is 1. The first-order valence-corrected chi connectivity index (χ1v) is 12.1. The van der Waals surface area contributed by atoms with Gasteiger partial charge in [-0.15, -0.1) is 21.5 Å². The normalized spacial score (nSPS) is 16.5. The summed E-state index contributed by atoms with van der Waals surface area (Å²) in [5.74, 6) is 0.748. The Balaban J connectivity index is 1.55. The highest BCUT2D eigenvalue weighted by atomic mass is 32.1. The Labute approximate surface area is 189 Å². The van der Waals surface area contributed by atoms with Crippen LogP contribution in [0.5, 0.6) is 0 Å². The molecule has 8 heteroatoms. The van der Waals surface area contributed by atoms with E-state index in [0.29, 0.717) is 5.56 Å². The predicted molar refractivity (Wildman–Crippen MR) is 127 cm³/mol. The molecule has 4 heterocycles. The van der Waals surface area contributed by atoms with E-state index in [4.69, 9.17) is 4.98 Å². The van der Waals surface area contributed by atoms with E-state index in [1.165, 1.54) is 0 Å². The van der Waals surface area contributed by atoms with Crippen molar-refractivity contribution >= 4 is 44.5 Å².